The van der Waals surface area contributed by atoms with Gasteiger partial charge in [-0.05, 0) is 5.56 Å². The quantitative estimate of drug-likeness (QED) is 0.560. The molecule has 19 heavy (non-hydrogen) atoms. The lowest BCUT2D eigenvalue weighted by Crippen LogP contribution is -2.59. The first-order chi connectivity index (χ1) is 9.13. The van der Waals surface area contributed by atoms with Crippen LogP contribution in [0.5, 0.6) is 0 Å². The fourth-order valence-electron chi connectivity index (χ4n) is 2.02. The molecule has 0 aliphatic carbocycles. The van der Waals surface area contributed by atoms with Gasteiger partial charge in [-0.1, -0.05) is 30.3 Å². The maximum absolute atomic E-state index is 9.86. The lowest BCUT2D eigenvalue weighted by Gasteiger charge is -2.39. The van der Waals surface area contributed by atoms with Crippen LogP contribution in [0.2, 0.25) is 0 Å². The SMILES string of the molecule is OC[C@H]1OC(O)[C@H](OCc2ccccc2)[C@@H](O)[C@@H]1O. The maximum Gasteiger partial charge on any atom is 0.184 e. The fraction of sp³-hybridized carbons (Fsp3) is 0.538. The molecule has 2 rings (SSSR count). The van der Waals surface area contributed by atoms with Crippen molar-refractivity contribution in [2.75, 3.05) is 6.61 Å². The summed E-state index contributed by atoms with van der Waals surface area (Å²) >= 11 is 0. The standard InChI is InChI=1S/C13H18O6/c14-6-9-10(15)11(16)12(13(17)19-9)18-7-8-4-2-1-3-5-8/h1-5,9-17H,6-7H2/t9-,10-,11+,12-,13?/m1/s1. The fourth-order valence-corrected chi connectivity index (χ4v) is 2.02. The van der Waals surface area contributed by atoms with Crippen molar-refractivity contribution in [3.8, 4) is 0 Å². The van der Waals surface area contributed by atoms with E-state index in [2.05, 4.69) is 0 Å². The van der Waals surface area contributed by atoms with Gasteiger partial charge >= 0.3 is 0 Å². The van der Waals surface area contributed by atoms with Gasteiger partial charge in [0.15, 0.2) is 6.29 Å². The van der Waals surface area contributed by atoms with Crippen molar-refractivity contribution in [3.63, 3.8) is 0 Å². The predicted molar refractivity (Wildman–Crippen MR) is 65.0 cm³/mol. The summed E-state index contributed by atoms with van der Waals surface area (Å²) in [6.45, 7) is -0.305. The molecular weight excluding hydrogens is 252 g/mol. The van der Waals surface area contributed by atoms with Crippen molar-refractivity contribution in [1.82, 2.24) is 0 Å². The lowest BCUT2D eigenvalue weighted by molar-refractivity contribution is -0.298. The van der Waals surface area contributed by atoms with E-state index >= 15 is 0 Å². The van der Waals surface area contributed by atoms with Gasteiger partial charge in [-0.3, -0.25) is 0 Å². The van der Waals surface area contributed by atoms with E-state index in [9.17, 15) is 15.3 Å². The molecule has 4 N–H and O–H groups in total. The Hall–Kier alpha value is -1.02. The summed E-state index contributed by atoms with van der Waals surface area (Å²) in [5.41, 5.74) is 0.876. The van der Waals surface area contributed by atoms with E-state index < -0.39 is 37.3 Å². The number of hydrogen-bond acceptors (Lipinski definition) is 6. The summed E-state index contributed by atoms with van der Waals surface area (Å²) in [4.78, 5) is 0. The third-order valence-electron chi connectivity index (χ3n) is 3.13. The summed E-state index contributed by atoms with van der Waals surface area (Å²) < 4.78 is 10.4. The van der Waals surface area contributed by atoms with Crippen molar-refractivity contribution >= 4 is 0 Å². The van der Waals surface area contributed by atoms with E-state index in [-0.39, 0.29) is 6.61 Å². The highest BCUT2D eigenvalue weighted by atomic mass is 16.7. The molecule has 5 atom stereocenters. The number of benzene rings is 1. The van der Waals surface area contributed by atoms with Gasteiger partial charge in [-0.2, -0.15) is 0 Å². The largest absolute Gasteiger partial charge is 0.394 e. The first kappa shape index (κ1) is 14.4. The van der Waals surface area contributed by atoms with Gasteiger partial charge in [0.25, 0.3) is 0 Å². The van der Waals surface area contributed by atoms with Crippen LogP contribution in [-0.4, -0.2) is 57.7 Å². The van der Waals surface area contributed by atoms with Crippen LogP contribution in [0.25, 0.3) is 0 Å². The molecule has 0 spiro atoms. The number of ether oxygens (including phenoxy) is 2. The maximum atomic E-state index is 9.86. The van der Waals surface area contributed by atoms with Crippen LogP contribution in [0, 0.1) is 0 Å². The highest BCUT2D eigenvalue weighted by Gasteiger charge is 2.44. The highest BCUT2D eigenvalue weighted by Crippen LogP contribution is 2.23. The summed E-state index contributed by atoms with van der Waals surface area (Å²) in [5.74, 6) is 0. The molecule has 0 saturated carbocycles. The van der Waals surface area contributed by atoms with Crippen molar-refractivity contribution in [2.45, 2.75) is 37.3 Å². The second-order valence-electron chi connectivity index (χ2n) is 4.49. The van der Waals surface area contributed by atoms with Crippen LogP contribution in [0.1, 0.15) is 5.56 Å². The van der Waals surface area contributed by atoms with E-state index in [1.165, 1.54) is 0 Å². The van der Waals surface area contributed by atoms with E-state index in [4.69, 9.17) is 14.6 Å². The third-order valence-corrected chi connectivity index (χ3v) is 3.13. The number of aliphatic hydroxyl groups excluding tert-OH is 4. The second kappa shape index (κ2) is 6.42. The molecule has 0 amide bonds. The zero-order valence-corrected chi connectivity index (χ0v) is 10.3. The predicted octanol–water partition coefficient (Wildman–Crippen LogP) is -0.997. The van der Waals surface area contributed by atoms with Crippen LogP contribution < -0.4 is 0 Å². The van der Waals surface area contributed by atoms with E-state index in [1.807, 2.05) is 30.3 Å². The van der Waals surface area contributed by atoms with Gasteiger partial charge in [0.2, 0.25) is 0 Å². The molecule has 6 heteroatoms. The average Bonchev–Trinajstić information content (AvgIpc) is 2.44. The van der Waals surface area contributed by atoms with Gasteiger partial charge in [-0.15, -0.1) is 0 Å². The minimum Gasteiger partial charge on any atom is -0.394 e. The van der Waals surface area contributed by atoms with Gasteiger partial charge in [-0.25, -0.2) is 0 Å². The van der Waals surface area contributed by atoms with Gasteiger partial charge in [0.1, 0.15) is 24.4 Å². The Kier molecular flexibility index (Phi) is 4.87. The lowest BCUT2D eigenvalue weighted by atomic mass is 9.99. The topological polar surface area (TPSA) is 99.4 Å². The molecule has 1 unspecified atom stereocenters. The first-order valence-corrected chi connectivity index (χ1v) is 6.09. The molecular formula is C13H18O6. The van der Waals surface area contributed by atoms with Crippen molar-refractivity contribution in [1.29, 1.82) is 0 Å². The van der Waals surface area contributed by atoms with E-state index in [0.29, 0.717) is 0 Å². The van der Waals surface area contributed by atoms with Crippen LogP contribution in [0.4, 0.5) is 0 Å². The monoisotopic (exact) mass is 270 g/mol. The Morgan fingerprint density at radius 1 is 1.05 bits per heavy atom. The molecule has 1 saturated heterocycles. The minimum atomic E-state index is -1.39. The van der Waals surface area contributed by atoms with Crippen LogP contribution in [0.15, 0.2) is 30.3 Å². The number of rotatable bonds is 4. The summed E-state index contributed by atoms with van der Waals surface area (Å²) in [7, 11) is 0. The molecule has 1 heterocycles. The van der Waals surface area contributed by atoms with E-state index in [0.717, 1.165) is 5.56 Å². The normalized spacial score (nSPS) is 35.3. The summed E-state index contributed by atoms with van der Waals surface area (Å²) in [6.07, 6.45) is -6.07. The number of aliphatic hydroxyl groups is 4. The first-order valence-electron chi connectivity index (χ1n) is 6.09. The molecule has 0 radical (unpaired) electrons. The van der Waals surface area contributed by atoms with Crippen molar-refractivity contribution in [2.24, 2.45) is 0 Å². The Bertz CT molecular complexity index is 384. The Labute approximate surface area is 110 Å². The van der Waals surface area contributed by atoms with Crippen LogP contribution in [0.3, 0.4) is 0 Å². The Balaban J connectivity index is 1.96. The van der Waals surface area contributed by atoms with Crippen LogP contribution in [-0.2, 0) is 16.1 Å². The molecule has 1 aliphatic heterocycles. The second-order valence-corrected chi connectivity index (χ2v) is 4.49. The smallest absolute Gasteiger partial charge is 0.184 e. The zero-order valence-electron chi connectivity index (χ0n) is 10.3. The summed E-state index contributed by atoms with van der Waals surface area (Å²) in [5, 5.41) is 38.2. The molecule has 106 valence electrons. The highest BCUT2D eigenvalue weighted by molar-refractivity contribution is 5.13. The van der Waals surface area contributed by atoms with Gasteiger partial charge in [0, 0.05) is 0 Å². The minimum absolute atomic E-state index is 0.180. The third kappa shape index (κ3) is 3.30. The van der Waals surface area contributed by atoms with Gasteiger partial charge < -0.3 is 29.9 Å². The van der Waals surface area contributed by atoms with Gasteiger partial charge in [0.05, 0.1) is 13.2 Å². The summed E-state index contributed by atoms with van der Waals surface area (Å²) in [6, 6.07) is 9.25. The Morgan fingerprint density at radius 3 is 2.37 bits per heavy atom. The molecule has 1 aromatic carbocycles. The van der Waals surface area contributed by atoms with Crippen molar-refractivity contribution < 1.29 is 29.9 Å². The molecule has 1 aromatic rings. The molecule has 1 fully saturated rings. The average molecular weight is 270 g/mol. The molecule has 6 nitrogen and oxygen atoms in total. The Morgan fingerprint density at radius 2 is 1.74 bits per heavy atom. The van der Waals surface area contributed by atoms with E-state index in [1.54, 1.807) is 0 Å². The van der Waals surface area contributed by atoms with Crippen molar-refractivity contribution in [3.05, 3.63) is 35.9 Å². The number of hydrogen-bond donors (Lipinski definition) is 4. The molecule has 0 aromatic heterocycles. The zero-order chi connectivity index (χ0) is 13.8. The molecule has 0 bridgehead atoms. The molecule has 1 aliphatic rings. The van der Waals surface area contributed by atoms with Crippen LogP contribution >= 0.6 is 0 Å².